The first-order chi connectivity index (χ1) is 15.8. The molecule has 172 valence electrons. The number of amides is 2. The SMILES string of the molecule is C#CCNC(=O)c1ccc2c(c1F)N(CC1CCC(N)CC1)C(=O)/C2=C\c1[nH]c(C)cc1C. The van der Waals surface area contributed by atoms with E-state index in [-0.39, 0.29) is 35.7 Å². The van der Waals surface area contributed by atoms with Crippen LogP contribution in [0.25, 0.3) is 11.6 Å². The molecule has 1 fully saturated rings. The molecular formula is C26H29FN4O2. The average molecular weight is 449 g/mol. The first-order valence-corrected chi connectivity index (χ1v) is 11.3. The second-order valence-corrected chi connectivity index (χ2v) is 9.01. The Balaban J connectivity index is 1.77. The largest absolute Gasteiger partial charge is 0.359 e. The standard InChI is InChI=1S/C26H29FN4O2/c1-4-11-29-25(32)20-10-9-19-21(13-22-15(2)12-16(3)30-22)26(33)31(24(19)23(20)27)14-17-5-7-18(28)8-6-17/h1,9-10,12-13,17-18,30H,5-8,11,14,28H2,2-3H3,(H,29,32)/b21-13-. The van der Waals surface area contributed by atoms with Crippen LogP contribution in [0.3, 0.4) is 0 Å². The fourth-order valence-electron chi connectivity index (χ4n) is 4.80. The van der Waals surface area contributed by atoms with Gasteiger partial charge in [-0.3, -0.25) is 9.59 Å². The molecule has 2 amide bonds. The van der Waals surface area contributed by atoms with E-state index in [0.29, 0.717) is 17.7 Å². The van der Waals surface area contributed by atoms with Gasteiger partial charge >= 0.3 is 0 Å². The van der Waals surface area contributed by atoms with Crippen LogP contribution in [-0.4, -0.2) is 35.9 Å². The van der Waals surface area contributed by atoms with Crippen molar-refractivity contribution in [1.82, 2.24) is 10.3 Å². The fourth-order valence-corrected chi connectivity index (χ4v) is 4.80. The van der Waals surface area contributed by atoms with Crippen molar-refractivity contribution in [3.05, 3.63) is 52.1 Å². The molecule has 1 saturated carbocycles. The minimum absolute atomic E-state index is 0.00304. The minimum Gasteiger partial charge on any atom is -0.359 e. The molecule has 4 N–H and O–H groups in total. The van der Waals surface area contributed by atoms with Gasteiger partial charge in [-0.25, -0.2) is 4.39 Å². The number of benzene rings is 1. The third-order valence-corrected chi connectivity index (χ3v) is 6.56. The number of halogens is 1. The summed E-state index contributed by atoms with van der Waals surface area (Å²) in [4.78, 5) is 30.8. The molecule has 0 spiro atoms. The molecule has 0 unspecified atom stereocenters. The van der Waals surface area contributed by atoms with Crippen LogP contribution in [0.4, 0.5) is 10.1 Å². The Labute approximate surface area is 193 Å². The highest BCUT2D eigenvalue weighted by Crippen LogP contribution is 2.42. The third kappa shape index (κ3) is 4.44. The van der Waals surface area contributed by atoms with Crippen molar-refractivity contribution in [3.63, 3.8) is 0 Å². The number of rotatable bonds is 5. The highest BCUT2D eigenvalue weighted by Gasteiger charge is 2.38. The number of hydrogen-bond acceptors (Lipinski definition) is 3. The molecule has 2 heterocycles. The summed E-state index contributed by atoms with van der Waals surface area (Å²) in [5, 5.41) is 2.50. The number of carbonyl (C=O) groups excluding carboxylic acids is 2. The first kappa shape index (κ1) is 22.8. The molecule has 0 atom stereocenters. The molecule has 2 aliphatic rings. The maximum Gasteiger partial charge on any atom is 0.259 e. The number of fused-ring (bicyclic) bond motifs is 1. The lowest BCUT2D eigenvalue weighted by Gasteiger charge is -2.30. The summed E-state index contributed by atoms with van der Waals surface area (Å²) in [7, 11) is 0. The van der Waals surface area contributed by atoms with Gasteiger partial charge in [0.05, 0.1) is 23.4 Å². The lowest BCUT2D eigenvalue weighted by molar-refractivity contribution is -0.113. The van der Waals surface area contributed by atoms with Gasteiger partial charge in [0.1, 0.15) is 0 Å². The average Bonchev–Trinajstić information content (AvgIpc) is 3.24. The Morgan fingerprint density at radius 2 is 2.06 bits per heavy atom. The summed E-state index contributed by atoms with van der Waals surface area (Å²) in [5.74, 6) is 0.984. The summed E-state index contributed by atoms with van der Waals surface area (Å²) >= 11 is 0. The molecule has 0 bridgehead atoms. The van der Waals surface area contributed by atoms with Crippen molar-refractivity contribution >= 4 is 29.2 Å². The molecule has 0 radical (unpaired) electrons. The van der Waals surface area contributed by atoms with E-state index in [9.17, 15) is 9.59 Å². The van der Waals surface area contributed by atoms with E-state index >= 15 is 4.39 Å². The summed E-state index contributed by atoms with van der Waals surface area (Å²) in [6, 6.07) is 5.24. The number of aromatic amines is 1. The van der Waals surface area contributed by atoms with E-state index in [0.717, 1.165) is 42.6 Å². The van der Waals surface area contributed by atoms with Gasteiger partial charge in [-0.1, -0.05) is 12.0 Å². The number of carbonyl (C=O) groups is 2. The number of aryl methyl sites for hydroxylation is 2. The number of nitrogens with one attached hydrogen (secondary N) is 2. The van der Waals surface area contributed by atoms with Gasteiger partial charge in [0, 0.05) is 29.5 Å². The van der Waals surface area contributed by atoms with Crippen LogP contribution >= 0.6 is 0 Å². The lowest BCUT2D eigenvalue weighted by Crippen LogP contribution is -2.36. The predicted molar refractivity (Wildman–Crippen MR) is 128 cm³/mol. The molecule has 33 heavy (non-hydrogen) atoms. The van der Waals surface area contributed by atoms with E-state index in [1.54, 1.807) is 12.1 Å². The summed E-state index contributed by atoms with van der Waals surface area (Å²) in [5.41, 5.74) is 9.77. The van der Waals surface area contributed by atoms with Gasteiger partial charge in [0.15, 0.2) is 5.82 Å². The number of nitrogens with two attached hydrogens (primary N) is 1. The van der Waals surface area contributed by atoms with Gasteiger partial charge < -0.3 is 20.9 Å². The van der Waals surface area contributed by atoms with Crippen LogP contribution in [0.1, 0.15) is 58.6 Å². The smallest absolute Gasteiger partial charge is 0.259 e. The second-order valence-electron chi connectivity index (χ2n) is 9.01. The molecule has 1 aliphatic carbocycles. The lowest BCUT2D eigenvalue weighted by atomic mass is 9.86. The van der Waals surface area contributed by atoms with Crippen LogP contribution < -0.4 is 16.0 Å². The Bertz CT molecular complexity index is 1170. The van der Waals surface area contributed by atoms with Crippen LogP contribution in [0.5, 0.6) is 0 Å². The Hall–Kier alpha value is -3.37. The number of terminal acetylenes is 1. The monoisotopic (exact) mass is 448 g/mol. The Morgan fingerprint density at radius 1 is 1.33 bits per heavy atom. The topological polar surface area (TPSA) is 91.2 Å². The van der Waals surface area contributed by atoms with Gasteiger partial charge in [-0.05, 0) is 69.2 Å². The highest BCUT2D eigenvalue weighted by molar-refractivity contribution is 6.36. The van der Waals surface area contributed by atoms with Gasteiger partial charge in [0.25, 0.3) is 11.8 Å². The van der Waals surface area contributed by atoms with Crippen LogP contribution in [-0.2, 0) is 4.79 Å². The molecule has 1 aliphatic heterocycles. The van der Waals surface area contributed by atoms with Crippen molar-refractivity contribution in [2.24, 2.45) is 11.7 Å². The zero-order chi connectivity index (χ0) is 23.7. The van der Waals surface area contributed by atoms with Crippen LogP contribution in [0.2, 0.25) is 0 Å². The molecule has 6 nitrogen and oxygen atoms in total. The molecule has 4 rings (SSSR count). The maximum absolute atomic E-state index is 15.7. The van der Waals surface area contributed by atoms with Gasteiger partial charge in [-0.2, -0.15) is 0 Å². The van der Waals surface area contributed by atoms with Crippen molar-refractivity contribution in [2.75, 3.05) is 18.0 Å². The van der Waals surface area contributed by atoms with E-state index in [4.69, 9.17) is 12.2 Å². The zero-order valence-corrected chi connectivity index (χ0v) is 19.0. The molecule has 2 aromatic rings. The summed E-state index contributed by atoms with van der Waals surface area (Å²) in [6.07, 6.45) is 10.5. The van der Waals surface area contributed by atoms with E-state index in [2.05, 4.69) is 16.2 Å². The maximum atomic E-state index is 15.7. The van der Waals surface area contributed by atoms with Crippen LogP contribution in [0, 0.1) is 37.9 Å². The van der Waals surface area contributed by atoms with Crippen LogP contribution in [0.15, 0.2) is 18.2 Å². The number of nitrogens with zero attached hydrogens (tertiary/aromatic N) is 1. The van der Waals surface area contributed by atoms with Crippen molar-refractivity contribution < 1.29 is 14.0 Å². The van der Waals surface area contributed by atoms with Crippen molar-refractivity contribution in [1.29, 1.82) is 0 Å². The first-order valence-electron chi connectivity index (χ1n) is 11.3. The number of hydrogen-bond donors (Lipinski definition) is 3. The third-order valence-electron chi connectivity index (χ3n) is 6.56. The Kier molecular flexibility index (Phi) is 6.39. The van der Waals surface area contributed by atoms with E-state index in [1.165, 1.54) is 11.0 Å². The Morgan fingerprint density at radius 3 is 2.70 bits per heavy atom. The molecule has 7 heteroatoms. The second kappa shape index (κ2) is 9.24. The number of H-pyrrole nitrogens is 1. The quantitative estimate of drug-likeness (QED) is 0.483. The summed E-state index contributed by atoms with van der Waals surface area (Å²) < 4.78 is 15.7. The molecule has 1 aromatic heterocycles. The van der Waals surface area contributed by atoms with Gasteiger partial charge in [-0.15, -0.1) is 6.42 Å². The number of anilines is 1. The normalized spacial score (nSPS) is 21.2. The van der Waals surface area contributed by atoms with E-state index < -0.39 is 11.7 Å². The minimum atomic E-state index is -0.703. The predicted octanol–water partition coefficient (Wildman–Crippen LogP) is 3.54. The molecule has 0 saturated heterocycles. The zero-order valence-electron chi connectivity index (χ0n) is 19.0. The van der Waals surface area contributed by atoms with E-state index in [1.807, 2.05) is 19.9 Å². The van der Waals surface area contributed by atoms with Gasteiger partial charge in [0.2, 0.25) is 0 Å². The molecule has 1 aromatic carbocycles. The molecular weight excluding hydrogens is 419 g/mol. The highest BCUT2D eigenvalue weighted by atomic mass is 19.1. The fraction of sp³-hybridized carbons (Fsp3) is 0.385. The van der Waals surface area contributed by atoms with Crippen molar-refractivity contribution in [2.45, 2.75) is 45.6 Å². The summed E-state index contributed by atoms with van der Waals surface area (Å²) in [6.45, 7) is 4.29. The number of aromatic nitrogens is 1. The van der Waals surface area contributed by atoms with Crippen molar-refractivity contribution in [3.8, 4) is 12.3 Å².